The van der Waals surface area contributed by atoms with E-state index >= 15 is 0 Å². The van der Waals surface area contributed by atoms with Crippen LogP contribution in [0.3, 0.4) is 0 Å². The molecule has 0 radical (unpaired) electrons. The van der Waals surface area contributed by atoms with Gasteiger partial charge in [0.25, 0.3) is 0 Å². The van der Waals surface area contributed by atoms with Crippen LogP contribution < -0.4 is 0 Å². The zero-order chi connectivity index (χ0) is 9.78. The Labute approximate surface area is 76.7 Å². The average molecular weight is 188 g/mol. The summed E-state index contributed by atoms with van der Waals surface area (Å²) in [4.78, 5) is 0. The first-order chi connectivity index (χ1) is 5.31. The number of rotatable bonds is 5. The quantitative estimate of drug-likeness (QED) is 0.375. The monoisotopic (exact) mass is 188 g/mol. The molecule has 0 aromatic heterocycles. The number of hydrogen-bond donors (Lipinski definition) is 0. The van der Waals surface area contributed by atoms with Crippen LogP contribution in [0.4, 0.5) is 0 Å². The van der Waals surface area contributed by atoms with Gasteiger partial charge in [-0.25, -0.2) is 0 Å². The fourth-order valence-electron chi connectivity index (χ4n) is 0.792. The summed E-state index contributed by atoms with van der Waals surface area (Å²) in [7, 11) is -1.45. The van der Waals surface area contributed by atoms with Crippen LogP contribution >= 0.6 is 0 Å². The highest BCUT2D eigenvalue weighted by molar-refractivity contribution is 6.69. The van der Waals surface area contributed by atoms with Gasteiger partial charge < -0.3 is 9.16 Å². The molecule has 12 heavy (non-hydrogen) atoms. The molecule has 1 unspecified atom stereocenters. The molecule has 3 heteroatoms. The Morgan fingerprint density at radius 2 is 1.92 bits per heavy atom. The Hall–Kier alpha value is -0.123. The van der Waals surface area contributed by atoms with Gasteiger partial charge in [0, 0.05) is 0 Å². The minimum absolute atomic E-state index is 0.103. The molecular weight excluding hydrogens is 168 g/mol. The van der Waals surface area contributed by atoms with E-state index in [4.69, 9.17) is 9.16 Å². The second kappa shape index (κ2) is 4.79. The molecule has 0 amide bonds. The fourth-order valence-corrected chi connectivity index (χ4v) is 1.86. The first-order valence-electron chi connectivity index (χ1n) is 4.25. The summed E-state index contributed by atoms with van der Waals surface area (Å²) in [5.41, 5.74) is 1.03. The van der Waals surface area contributed by atoms with Crippen molar-refractivity contribution in [2.24, 2.45) is 0 Å². The number of hydrogen-bond acceptors (Lipinski definition) is 2. The minimum Gasteiger partial charge on any atom is -0.393 e. The molecule has 0 N–H and O–H groups in total. The van der Waals surface area contributed by atoms with Crippen LogP contribution in [0.2, 0.25) is 19.6 Å². The van der Waals surface area contributed by atoms with E-state index in [2.05, 4.69) is 26.2 Å². The molecule has 0 saturated heterocycles. The van der Waals surface area contributed by atoms with Gasteiger partial charge in [0.15, 0.2) is 8.32 Å². The van der Waals surface area contributed by atoms with Crippen LogP contribution in [0.15, 0.2) is 12.2 Å². The van der Waals surface area contributed by atoms with Crippen LogP contribution in [0.25, 0.3) is 0 Å². The molecule has 0 heterocycles. The van der Waals surface area contributed by atoms with Gasteiger partial charge in [-0.1, -0.05) is 12.2 Å². The topological polar surface area (TPSA) is 18.5 Å². The second-order valence-electron chi connectivity index (χ2n) is 4.07. The van der Waals surface area contributed by atoms with Crippen molar-refractivity contribution in [2.75, 3.05) is 6.61 Å². The molecule has 0 bridgehead atoms. The number of ether oxygens (including phenoxy) is 1. The van der Waals surface area contributed by atoms with E-state index in [1.54, 1.807) is 0 Å². The molecule has 0 fully saturated rings. The largest absolute Gasteiger partial charge is 0.393 e. The molecule has 1 atom stereocenters. The Kier molecular flexibility index (Phi) is 4.75. The molecule has 72 valence electrons. The standard InChI is InChI=1S/C9H20O2Si/c1-8(2)7-10-9(3)11-12(4,5)6/h9H,1,7H2,2-6H3. The maximum absolute atomic E-state index is 5.66. The summed E-state index contributed by atoms with van der Waals surface area (Å²) in [5, 5.41) is 0. The van der Waals surface area contributed by atoms with Gasteiger partial charge in [0.05, 0.1) is 6.61 Å². The first kappa shape index (κ1) is 11.9. The van der Waals surface area contributed by atoms with Crippen molar-refractivity contribution in [2.45, 2.75) is 39.8 Å². The van der Waals surface area contributed by atoms with Crippen molar-refractivity contribution < 1.29 is 9.16 Å². The SMILES string of the molecule is C=C(C)COC(C)O[Si](C)(C)C. The second-order valence-corrected chi connectivity index (χ2v) is 8.53. The normalized spacial score (nSPS) is 14.4. The van der Waals surface area contributed by atoms with E-state index in [0.717, 1.165) is 5.57 Å². The summed E-state index contributed by atoms with van der Waals surface area (Å²) in [6.45, 7) is 14.7. The van der Waals surface area contributed by atoms with E-state index in [-0.39, 0.29) is 6.29 Å². The molecular formula is C9H20O2Si. The van der Waals surface area contributed by atoms with Crippen molar-refractivity contribution in [1.29, 1.82) is 0 Å². The summed E-state index contributed by atoms with van der Waals surface area (Å²) >= 11 is 0. The third-order valence-electron chi connectivity index (χ3n) is 1.08. The lowest BCUT2D eigenvalue weighted by Gasteiger charge is -2.23. The van der Waals surface area contributed by atoms with Crippen LogP contribution in [0.1, 0.15) is 13.8 Å². The molecule has 0 aliphatic rings. The lowest BCUT2D eigenvalue weighted by Crippen LogP contribution is -2.32. The third kappa shape index (κ3) is 7.98. The Morgan fingerprint density at radius 1 is 1.42 bits per heavy atom. The van der Waals surface area contributed by atoms with Crippen molar-refractivity contribution in [3.05, 3.63) is 12.2 Å². The van der Waals surface area contributed by atoms with Crippen molar-refractivity contribution in [3.63, 3.8) is 0 Å². The van der Waals surface area contributed by atoms with Gasteiger partial charge in [-0.3, -0.25) is 0 Å². The van der Waals surface area contributed by atoms with Gasteiger partial charge in [0.1, 0.15) is 6.29 Å². The van der Waals surface area contributed by atoms with E-state index in [0.29, 0.717) is 6.61 Å². The van der Waals surface area contributed by atoms with Gasteiger partial charge in [-0.2, -0.15) is 0 Å². The molecule has 0 spiro atoms. The molecule has 0 aliphatic heterocycles. The predicted molar refractivity (Wildman–Crippen MR) is 54.7 cm³/mol. The zero-order valence-electron chi connectivity index (χ0n) is 8.81. The lowest BCUT2D eigenvalue weighted by molar-refractivity contribution is -0.0627. The van der Waals surface area contributed by atoms with E-state index in [1.165, 1.54) is 0 Å². The van der Waals surface area contributed by atoms with Gasteiger partial charge in [-0.05, 0) is 33.5 Å². The molecule has 0 aliphatic carbocycles. The van der Waals surface area contributed by atoms with Crippen molar-refractivity contribution in [3.8, 4) is 0 Å². The third-order valence-corrected chi connectivity index (χ3v) is 2.12. The highest BCUT2D eigenvalue weighted by atomic mass is 28.4. The molecule has 0 saturated carbocycles. The van der Waals surface area contributed by atoms with Crippen LogP contribution in [-0.4, -0.2) is 21.2 Å². The van der Waals surface area contributed by atoms with Gasteiger partial charge in [0.2, 0.25) is 0 Å². The molecule has 0 rings (SSSR count). The highest BCUT2D eigenvalue weighted by Gasteiger charge is 2.18. The van der Waals surface area contributed by atoms with E-state index < -0.39 is 8.32 Å². The van der Waals surface area contributed by atoms with Crippen LogP contribution in [0.5, 0.6) is 0 Å². The fraction of sp³-hybridized carbons (Fsp3) is 0.778. The first-order valence-corrected chi connectivity index (χ1v) is 7.66. The lowest BCUT2D eigenvalue weighted by atomic mass is 10.4. The summed E-state index contributed by atoms with van der Waals surface area (Å²) in [5.74, 6) is 0. The van der Waals surface area contributed by atoms with E-state index in [1.807, 2.05) is 13.8 Å². The Bertz CT molecular complexity index is 149. The van der Waals surface area contributed by atoms with Gasteiger partial charge in [-0.15, -0.1) is 0 Å². The summed E-state index contributed by atoms with van der Waals surface area (Å²) in [6.07, 6.45) is -0.103. The summed E-state index contributed by atoms with van der Waals surface area (Å²) in [6, 6.07) is 0. The smallest absolute Gasteiger partial charge is 0.187 e. The predicted octanol–water partition coefficient (Wildman–Crippen LogP) is 2.78. The molecule has 2 nitrogen and oxygen atoms in total. The minimum atomic E-state index is -1.45. The molecule has 0 aromatic rings. The van der Waals surface area contributed by atoms with Crippen molar-refractivity contribution >= 4 is 8.32 Å². The van der Waals surface area contributed by atoms with Crippen LogP contribution in [-0.2, 0) is 9.16 Å². The Morgan fingerprint density at radius 3 is 2.25 bits per heavy atom. The van der Waals surface area contributed by atoms with Crippen LogP contribution in [0, 0.1) is 0 Å². The maximum Gasteiger partial charge on any atom is 0.187 e. The molecule has 0 aromatic carbocycles. The summed E-state index contributed by atoms with van der Waals surface area (Å²) < 4.78 is 11.1. The maximum atomic E-state index is 5.66. The highest BCUT2D eigenvalue weighted by Crippen LogP contribution is 2.08. The average Bonchev–Trinajstić information content (AvgIpc) is 1.79. The van der Waals surface area contributed by atoms with E-state index in [9.17, 15) is 0 Å². The Balaban J connectivity index is 3.60. The zero-order valence-corrected chi connectivity index (χ0v) is 9.81. The van der Waals surface area contributed by atoms with Gasteiger partial charge >= 0.3 is 0 Å². The van der Waals surface area contributed by atoms with Crippen molar-refractivity contribution in [1.82, 2.24) is 0 Å².